The second-order valence-electron chi connectivity index (χ2n) is 5.37. The van der Waals surface area contributed by atoms with Crippen molar-refractivity contribution in [1.29, 1.82) is 0 Å². The Hall–Kier alpha value is -0.0400. The summed E-state index contributed by atoms with van der Waals surface area (Å²) in [5.74, 6) is 3.00. The lowest BCUT2D eigenvalue weighted by atomic mass is 10.0. The molecule has 0 bridgehead atoms. The Morgan fingerprint density at radius 1 is 1.00 bits per heavy atom. The Bertz CT molecular complexity index is 162. The van der Waals surface area contributed by atoms with Crippen LogP contribution in [0.3, 0.4) is 0 Å². The summed E-state index contributed by atoms with van der Waals surface area (Å²) < 4.78 is 5.74. The first-order valence-electron chi connectivity index (χ1n) is 6.40. The van der Waals surface area contributed by atoms with E-state index >= 15 is 0 Å². The molecule has 2 atom stereocenters. The van der Waals surface area contributed by atoms with E-state index in [1.165, 1.54) is 38.5 Å². The van der Waals surface area contributed by atoms with Gasteiger partial charge in [0.1, 0.15) is 0 Å². The summed E-state index contributed by atoms with van der Waals surface area (Å²) in [6, 6.07) is 0. The Kier molecular flexibility index (Phi) is 3.48. The van der Waals surface area contributed by atoms with Crippen molar-refractivity contribution >= 4 is 0 Å². The van der Waals surface area contributed by atoms with Gasteiger partial charge in [0.25, 0.3) is 0 Å². The summed E-state index contributed by atoms with van der Waals surface area (Å²) in [7, 11) is 0. The van der Waals surface area contributed by atoms with Crippen LogP contribution in [-0.4, -0.2) is 12.7 Å². The number of hydrogen-bond acceptors (Lipinski definition) is 1. The van der Waals surface area contributed by atoms with Crippen LogP contribution in [0.25, 0.3) is 0 Å². The highest BCUT2D eigenvalue weighted by Gasteiger charge is 2.48. The van der Waals surface area contributed by atoms with E-state index in [-0.39, 0.29) is 0 Å². The van der Waals surface area contributed by atoms with Crippen LogP contribution in [0.2, 0.25) is 0 Å². The summed E-state index contributed by atoms with van der Waals surface area (Å²) in [5.41, 5.74) is 0. The van der Waals surface area contributed by atoms with Gasteiger partial charge in [-0.2, -0.15) is 0 Å². The van der Waals surface area contributed by atoms with Crippen molar-refractivity contribution in [3.63, 3.8) is 0 Å². The Morgan fingerprint density at radius 3 is 2.07 bits per heavy atom. The topological polar surface area (TPSA) is 9.23 Å². The van der Waals surface area contributed by atoms with Crippen LogP contribution in [0.5, 0.6) is 0 Å². The van der Waals surface area contributed by atoms with Gasteiger partial charge in [-0.3, -0.25) is 0 Å². The van der Waals surface area contributed by atoms with Gasteiger partial charge in [0.2, 0.25) is 0 Å². The lowest BCUT2D eigenvalue weighted by molar-refractivity contribution is 0.0656. The van der Waals surface area contributed by atoms with Crippen LogP contribution in [0.4, 0.5) is 0 Å². The van der Waals surface area contributed by atoms with Crippen LogP contribution >= 0.6 is 0 Å². The molecule has 0 amide bonds. The predicted molar refractivity (Wildman–Crippen MR) is 59.3 cm³/mol. The smallest absolute Gasteiger partial charge is 0.0519 e. The molecule has 0 aliphatic heterocycles. The van der Waals surface area contributed by atoms with E-state index in [9.17, 15) is 0 Å². The van der Waals surface area contributed by atoms with Crippen LogP contribution < -0.4 is 0 Å². The van der Waals surface area contributed by atoms with Crippen molar-refractivity contribution in [2.24, 2.45) is 17.8 Å². The number of rotatable bonds is 3. The highest BCUT2D eigenvalue weighted by atomic mass is 16.5. The van der Waals surface area contributed by atoms with Gasteiger partial charge in [0, 0.05) is 0 Å². The third-order valence-electron chi connectivity index (χ3n) is 3.96. The summed E-state index contributed by atoms with van der Waals surface area (Å²) >= 11 is 0. The van der Waals surface area contributed by atoms with Crippen molar-refractivity contribution in [3.8, 4) is 0 Å². The molecule has 0 aromatic rings. The van der Waals surface area contributed by atoms with Crippen molar-refractivity contribution in [2.45, 2.75) is 58.5 Å². The van der Waals surface area contributed by atoms with E-state index in [4.69, 9.17) is 4.74 Å². The third kappa shape index (κ3) is 2.50. The molecular formula is C13H24O. The van der Waals surface area contributed by atoms with Crippen LogP contribution in [0.1, 0.15) is 52.4 Å². The van der Waals surface area contributed by atoms with Gasteiger partial charge in [-0.15, -0.1) is 0 Å². The molecule has 2 aliphatic rings. The van der Waals surface area contributed by atoms with Crippen LogP contribution in [0, 0.1) is 17.8 Å². The number of hydrogen-bond donors (Lipinski definition) is 0. The molecule has 0 spiro atoms. The molecule has 2 aliphatic carbocycles. The molecule has 0 N–H and O–H groups in total. The molecule has 0 aromatic heterocycles. The van der Waals surface area contributed by atoms with Crippen LogP contribution in [-0.2, 0) is 4.74 Å². The predicted octanol–water partition coefficient (Wildman–Crippen LogP) is 3.63. The standard InChI is InChI=1S/C13H24O/c1-10(2)14-9-13-11-7-5-3-4-6-8-12(11)13/h10-13H,3-9H2,1-2H3. The minimum absolute atomic E-state index is 0.419. The number of ether oxygens (including phenoxy) is 1. The lowest BCUT2D eigenvalue weighted by Gasteiger charge is -2.06. The quantitative estimate of drug-likeness (QED) is 0.670. The Morgan fingerprint density at radius 2 is 1.57 bits per heavy atom. The highest BCUT2D eigenvalue weighted by Crippen LogP contribution is 2.53. The van der Waals surface area contributed by atoms with Gasteiger partial charge in [-0.25, -0.2) is 0 Å². The first kappa shape index (κ1) is 10.5. The molecule has 82 valence electrons. The fraction of sp³-hybridized carbons (Fsp3) is 1.00. The molecule has 1 heteroatoms. The Labute approximate surface area is 88.2 Å². The summed E-state index contributed by atoms with van der Waals surface area (Å²) in [4.78, 5) is 0. The minimum atomic E-state index is 0.419. The first-order chi connectivity index (χ1) is 6.79. The van der Waals surface area contributed by atoms with Gasteiger partial charge in [0.15, 0.2) is 0 Å². The molecule has 2 rings (SSSR count). The summed E-state index contributed by atoms with van der Waals surface area (Å²) in [5, 5.41) is 0. The van der Waals surface area contributed by atoms with E-state index < -0.39 is 0 Å². The number of fused-ring (bicyclic) bond motifs is 1. The van der Waals surface area contributed by atoms with Gasteiger partial charge < -0.3 is 4.74 Å². The zero-order valence-electron chi connectivity index (χ0n) is 9.67. The second kappa shape index (κ2) is 4.65. The molecule has 2 unspecified atom stereocenters. The van der Waals surface area contributed by atoms with E-state index in [1.54, 1.807) is 0 Å². The minimum Gasteiger partial charge on any atom is -0.378 e. The van der Waals surface area contributed by atoms with Crippen molar-refractivity contribution in [2.75, 3.05) is 6.61 Å². The van der Waals surface area contributed by atoms with Crippen LogP contribution in [0.15, 0.2) is 0 Å². The van der Waals surface area contributed by atoms with Crippen molar-refractivity contribution < 1.29 is 4.74 Å². The van der Waals surface area contributed by atoms with Gasteiger partial charge in [-0.1, -0.05) is 25.7 Å². The Balaban J connectivity index is 1.73. The summed E-state index contributed by atoms with van der Waals surface area (Å²) in [6.07, 6.45) is 9.27. The molecule has 2 fully saturated rings. The third-order valence-corrected chi connectivity index (χ3v) is 3.96. The zero-order valence-corrected chi connectivity index (χ0v) is 9.67. The van der Waals surface area contributed by atoms with E-state index in [0.29, 0.717) is 6.10 Å². The monoisotopic (exact) mass is 196 g/mol. The van der Waals surface area contributed by atoms with Gasteiger partial charge in [0.05, 0.1) is 12.7 Å². The summed E-state index contributed by atoms with van der Waals surface area (Å²) in [6.45, 7) is 5.32. The maximum absolute atomic E-state index is 5.74. The maximum atomic E-state index is 5.74. The second-order valence-corrected chi connectivity index (χ2v) is 5.37. The van der Waals surface area contributed by atoms with Crippen molar-refractivity contribution in [1.82, 2.24) is 0 Å². The lowest BCUT2D eigenvalue weighted by Crippen LogP contribution is -2.06. The molecule has 0 saturated heterocycles. The van der Waals surface area contributed by atoms with Crippen molar-refractivity contribution in [3.05, 3.63) is 0 Å². The zero-order chi connectivity index (χ0) is 9.97. The van der Waals surface area contributed by atoms with E-state index in [0.717, 1.165) is 24.4 Å². The normalized spacial score (nSPS) is 37.5. The molecule has 0 radical (unpaired) electrons. The SMILES string of the molecule is CC(C)OCC1C2CCCCCCC21. The maximum Gasteiger partial charge on any atom is 0.0519 e. The molecule has 0 heterocycles. The van der Waals surface area contributed by atoms with E-state index in [2.05, 4.69) is 13.8 Å². The average Bonchev–Trinajstić information content (AvgIpc) is 2.72. The average molecular weight is 196 g/mol. The molecule has 14 heavy (non-hydrogen) atoms. The first-order valence-corrected chi connectivity index (χ1v) is 6.40. The fourth-order valence-electron chi connectivity index (χ4n) is 3.05. The molecule has 1 nitrogen and oxygen atoms in total. The fourth-order valence-corrected chi connectivity index (χ4v) is 3.05. The molecular weight excluding hydrogens is 172 g/mol. The highest BCUT2D eigenvalue weighted by molar-refractivity contribution is 4.97. The van der Waals surface area contributed by atoms with E-state index in [1.807, 2.05) is 0 Å². The largest absolute Gasteiger partial charge is 0.378 e. The van der Waals surface area contributed by atoms with Gasteiger partial charge in [-0.05, 0) is 44.4 Å². The molecule has 0 aromatic carbocycles. The van der Waals surface area contributed by atoms with Gasteiger partial charge >= 0.3 is 0 Å². The molecule has 2 saturated carbocycles.